The quantitative estimate of drug-likeness (QED) is 0.130. The normalized spacial score (nSPS) is 13.0. The Balaban J connectivity index is 3.90. The maximum Gasteiger partial charge on any atom is 0.354 e. The molecule has 0 aromatic heterocycles. The van der Waals surface area contributed by atoms with Crippen molar-refractivity contribution in [2.24, 2.45) is 0 Å². The molecule has 0 bridgehead atoms. The highest BCUT2D eigenvalue weighted by Gasteiger charge is 2.25. The van der Waals surface area contributed by atoms with Gasteiger partial charge in [-0.05, 0) is 47.0 Å². The summed E-state index contributed by atoms with van der Waals surface area (Å²) in [6.07, 6.45) is 20.9. The van der Waals surface area contributed by atoms with Crippen LogP contribution in [-0.4, -0.2) is 12.2 Å². The summed E-state index contributed by atoms with van der Waals surface area (Å²) in [4.78, 5) is 0. The summed E-state index contributed by atoms with van der Waals surface area (Å²) in [5.41, 5.74) is 1.21. The van der Waals surface area contributed by atoms with Gasteiger partial charge in [0.25, 0.3) is 0 Å². The summed E-state index contributed by atoms with van der Waals surface area (Å²) < 4.78 is 24.4. The Morgan fingerprint density at radius 3 is 1.37 bits per heavy atom. The van der Waals surface area contributed by atoms with Gasteiger partial charge in [0, 0.05) is 5.82 Å². The van der Waals surface area contributed by atoms with Gasteiger partial charge in [-0.1, -0.05) is 103 Å². The third-order valence-electron chi connectivity index (χ3n) is 5.36. The van der Waals surface area contributed by atoms with E-state index in [2.05, 4.69) is 13.8 Å². The first-order valence-corrected chi connectivity index (χ1v) is 14.6. The van der Waals surface area contributed by atoms with Crippen LogP contribution in [0.1, 0.15) is 144 Å². The summed E-state index contributed by atoms with van der Waals surface area (Å²) in [5.74, 6) is 1.80. The predicted molar refractivity (Wildman–Crippen MR) is 133 cm³/mol. The number of unbranched alkanes of at least 4 members (excludes halogenated alkanes) is 13. The first-order valence-electron chi connectivity index (χ1n) is 13.0. The van der Waals surface area contributed by atoms with E-state index in [1.165, 1.54) is 95.5 Å². The molecule has 0 saturated heterocycles. The molecule has 4 heteroatoms. The fourth-order valence-electron chi connectivity index (χ4n) is 3.78. The van der Waals surface area contributed by atoms with Gasteiger partial charge >= 0.3 is 7.60 Å². The van der Waals surface area contributed by atoms with Crippen LogP contribution in [-0.2, 0) is 13.6 Å². The van der Waals surface area contributed by atoms with Gasteiger partial charge in [-0.15, -0.1) is 0 Å². The molecule has 0 heterocycles. The Hall–Kier alpha value is -0.110. The topological polar surface area (TPSA) is 35.5 Å². The molecule has 0 unspecified atom stereocenters. The first kappa shape index (κ1) is 29.9. The van der Waals surface area contributed by atoms with E-state index in [0.717, 1.165) is 12.8 Å². The van der Waals surface area contributed by atoms with Crippen molar-refractivity contribution in [3.63, 3.8) is 0 Å². The highest BCUT2D eigenvalue weighted by atomic mass is 31.2. The number of rotatable bonds is 21. The minimum atomic E-state index is -3.15. The van der Waals surface area contributed by atoms with Gasteiger partial charge in [0.05, 0.1) is 12.2 Å². The van der Waals surface area contributed by atoms with Crippen LogP contribution in [0.3, 0.4) is 0 Å². The molecule has 3 nitrogen and oxygen atoms in total. The van der Waals surface area contributed by atoms with E-state index in [4.69, 9.17) is 9.05 Å². The second kappa shape index (κ2) is 19.6. The summed E-state index contributed by atoms with van der Waals surface area (Å²) >= 11 is 0. The first-order chi connectivity index (χ1) is 14.3. The van der Waals surface area contributed by atoms with Crippen molar-refractivity contribution in [1.82, 2.24) is 0 Å². The predicted octanol–water partition coefficient (Wildman–Crippen LogP) is 10.2. The average Bonchev–Trinajstić information content (AvgIpc) is 2.65. The summed E-state index contributed by atoms with van der Waals surface area (Å²) in [5, 5.41) is 0. The van der Waals surface area contributed by atoms with Gasteiger partial charge in [-0.3, -0.25) is 4.57 Å². The molecule has 0 rings (SSSR count). The maximum atomic E-state index is 13.0. The molecule has 0 aliphatic rings. The zero-order valence-electron chi connectivity index (χ0n) is 21.2. The van der Waals surface area contributed by atoms with E-state index in [0.29, 0.717) is 0 Å². The van der Waals surface area contributed by atoms with Crippen molar-refractivity contribution < 1.29 is 13.6 Å². The number of hydrogen-bond donors (Lipinski definition) is 0. The van der Waals surface area contributed by atoms with Crippen LogP contribution >= 0.6 is 7.60 Å². The lowest BCUT2D eigenvalue weighted by molar-refractivity contribution is 0.149. The van der Waals surface area contributed by atoms with Crippen molar-refractivity contribution in [2.75, 3.05) is 0 Å². The van der Waals surface area contributed by atoms with Gasteiger partial charge in [-0.25, -0.2) is 0 Å². The van der Waals surface area contributed by atoms with Crippen LogP contribution in [0.2, 0.25) is 0 Å². The maximum absolute atomic E-state index is 13.0. The Labute approximate surface area is 189 Å². The molecular weight excluding hydrogens is 391 g/mol. The zero-order valence-corrected chi connectivity index (χ0v) is 22.1. The van der Waals surface area contributed by atoms with Crippen LogP contribution in [0.5, 0.6) is 0 Å². The van der Waals surface area contributed by atoms with E-state index in [9.17, 15) is 4.57 Å². The van der Waals surface area contributed by atoms with Crippen LogP contribution < -0.4 is 0 Å². The zero-order chi connectivity index (χ0) is 22.7. The Kier molecular flexibility index (Phi) is 19.5. The molecule has 0 aliphatic heterocycles. The molecule has 0 radical (unpaired) electrons. The standard InChI is InChI=1S/C26H53O3P/c1-7-9-10-11-12-13-14-15-16-17-18-19-20-21-22-26(8-2)23-30(27,28-24(3)4)29-25(5)6/h23-25H,7-22H2,1-6H3/b26-23+. The molecule has 0 saturated carbocycles. The second-order valence-electron chi connectivity index (χ2n) is 9.34. The lowest BCUT2D eigenvalue weighted by Crippen LogP contribution is -2.07. The molecule has 180 valence electrons. The van der Waals surface area contributed by atoms with E-state index in [-0.39, 0.29) is 12.2 Å². The molecule has 0 aromatic carbocycles. The lowest BCUT2D eigenvalue weighted by atomic mass is 10.0. The summed E-state index contributed by atoms with van der Waals surface area (Å²) in [6, 6.07) is 0. The summed E-state index contributed by atoms with van der Waals surface area (Å²) in [7, 11) is -3.15. The van der Waals surface area contributed by atoms with Gasteiger partial charge in [0.15, 0.2) is 0 Å². The molecule has 0 fully saturated rings. The van der Waals surface area contributed by atoms with Crippen molar-refractivity contribution in [1.29, 1.82) is 0 Å². The van der Waals surface area contributed by atoms with Crippen LogP contribution in [0, 0.1) is 0 Å². The van der Waals surface area contributed by atoms with Gasteiger partial charge in [0.1, 0.15) is 0 Å². The SMILES string of the molecule is CCCCCCCCCCCCCCCC/C(=C/P(=O)(OC(C)C)OC(C)C)CC. The smallest absolute Gasteiger partial charge is 0.303 e. The fourth-order valence-corrected chi connectivity index (χ4v) is 5.88. The van der Waals surface area contributed by atoms with E-state index < -0.39 is 7.60 Å². The van der Waals surface area contributed by atoms with E-state index in [1.807, 2.05) is 27.7 Å². The Morgan fingerprint density at radius 2 is 1.03 bits per heavy atom. The number of hydrogen-bond acceptors (Lipinski definition) is 3. The van der Waals surface area contributed by atoms with Crippen LogP contribution in [0.15, 0.2) is 11.4 Å². The van der Waals surface area contributed by atoms with Crippen LogP contribution in [0.4, 0.5) is 0 Å². The van der Waals surface area contributed by atoms with Gasteiger partial charge < -0.3 is 9.05 Å². The Bertz CT molecular complexity index is 443. The summed E-state index contributed by atoms with van der Waals surface area (Å²) in [6.45, 7) is 12.0. The fraction of sp³-hybridized carbons (Fsp3) is 0.923. The molecule has 0 N–H and O–H groups in total. The third kappa shape index (κ3) is 18.6. The van der Waals surface area contributed by atoms with Gasteiger partial charge in [0.2, 0.25) is 0 Å². The molecule has 0 atom stereocenters. The Morgan fingerprint density at radius 1 is 0.667 bits per heavy atom. The van der Waals surface area contributed by atoms with Crippen molar-refractivity contribution >= 4 is 7.60 Å². The highest BCUT2D eigenvalue weighted by Crippen LogP contribution is 2.53. The second-order valence-corrected chi connectivity index (χ2v) is 11.1. The monoisotopic (exact) mass is 444 g/mol. The third-order valence-corrected chi connectivity index (χ3v) is 7.47. The highest BCUT2D eigenvalue weighted by molar-refractivity contribution is 7.57. The van der Waals surface area contributed by atoms with Crippen molar-refractivity contribution in [3.8, 4) is 0 Å². The van der Waals surface area contributed by atoms with E-state index in [1.54, 1.807) is 5.82 Å². The molecular formula is C26H53O3P. The van der Waals surface area contributed by atoms with Gasteiger partial charge in [-0.2, -0.15) is 0 Å². The molecule has 30 heavy (non-hydrogen) atoms. The largest absolute Gasteiger partial charge is 0.354 e. The molecule has 0 amide bonds. The minimum Gasteiger partial charge on any atom is -0.303 e. The molecule has 0 spiro atoms. The lowest BCUT2D eigenvalue weighted by Gasteiger charge is -2.21. The van der Waals surface area contributed by atoms with Crippen LogP contribution in [0.25, 0.3) is 0 Å². The number of allylic oxidation sites excluding steroid dienone is 1. The minimum absolute atomic E-state index is 0.106. The van der Waals surface area contributed by atoms with Crippen molar-refractivity contribution in [2.45, 2.75) is 156 Å². The van der Waals surface area contributed by atoms with E-state index >= 15 is 0 Å². The average molecular weight is 445 g/mol. The molecule has 0 aliphatic carbocycles. The van der Waals surface area contributed by atoms with Crippen molar-refractivity contribution in [3.05, 3.63) is 11.4 Å². The molecule has 0 aromatic rings.